The summed E-state index contributed by atoms with van der Waals surface area (Å²) in [5, 5.41) is 20.3. The topological polar surface area (TPSA) is 179 Å². The molecule has 5 amide bonds. The average Bonchev–Trinajstić information content (AvgIpc) is 3.83. The van der Waals surface area contributed by atoms with Crippen LogP contribution in [0.5, 0.6) is 0 Å². The number of methoxy groups -OCH3 is 2. The van der Waals surface area contributed by atoms with Crippen molar-refractivity contribution in [3.63, 3.8) is 0 Å². The van der Waals surface area contributed by atoms with Crippen molar-refractivity contribution in [3.05, 3.63) is 65.2 Å². The number of nitrogens with one attached hydrogen (secondary N) is 3. The predicted octanol–water partition coefficient (Wildman–Crippen LogP) is 7.91. The first-order valence-corrected chi connectivity index (χ1v) is 25.3. The Morgan fingerprint density at radius 2 is 1.43 bits per heavy atom. The molecule has 15 nitrogen and oxygen atoms in total. The van der Waals surface area contributed by atoms with Crippen LogP contribution in [0.2, 0.25) is 0 Å². The highest BCUT2D eigenvalue weighted by Crippen LogP contribution is 2.31. The minimum Gasteiger partial charge on any atom is -0.445 e. The van der Waals surface area contributed by atoms with Crippen molar-refractivity contribution in [3.8, 4) is 0 Å². The van der Waals surface area contributed by atoms with Crippen molar-refractivity contribution in [1.29, 1.82) is 0 Å². The number of amides is 5. The molecular weight excluding hydrogens is 877 g/mol. The number of hydrogen-bond acceptors (Lipinski definition) is 10. The molecule has 0 spiro atoms. The monoisotopic (exact) mass is 965 g/mol. The fourth-order valence-electron chi connectivity index (χ4n) is 9.75. The summed E-state index contributed by atoms with van der Waals surface area (Å²) in [5.74, 6) is -2.26. The molecule has 1 saturated heterocycles. The van der Waals surface area contributed by atoms with Gasteiger partial charge in [0.05, 0.1) is 48.8 Å². The molecule has 1 fully saturated rings. The number of nitrogens with zero attached hydrogens (tertiary/aromatic N) is 3. The maximum absolute atomic E-state index is 14.6. The Morgan fingerprint density at radius 3 is 1.97 bits per heavy atom. The number of anilines is 1. The van der Waals surface area contributed by atoms with Gasteiger partial charge >= 0.3 is 6.09 Å². The Morgan fingerprint density at radius 1 is 0.812 bits per heavy atom. The van der Waals surface area contributed by atoms with Gasteiger partial charge < -0.3 is 45.1 Å². The molecule has 69 heavy (non-hydrogen) atoms. The molecule has 2 aromatic carbocycles. The van der Waals surface area contributed by atoms with Gasteiger partial charge in [-0.05, 0) is 78.7 Å². The molecule has 2 aromatic rings. The van der Waals surface area contributed by atoms with E-state index in [1.807, 2.05) is 85.0 Å². The lowest BCUT2D eigenvalue weighted by Crippen LogP contribution is -2.60. The zero-order valence-electron chi connectivity index (χ0n) is 44.5. The van der Waals surface area contributed by atoms with Gasteiger partial charge in [-0.25, -0.2) is 4.79 Å². The molecule has 4 N–H and O–H groups in total. The number of hydrogen-bond donors (Lipinski definition) is 4. The quantitative estimate of drug-likeness (QED) is 0.0688. The molecule has 3 rings (SSSR count). The first-order chi connectivity index (χ1) is 32.7. The number of likely N-dealkylation sites (N-methyl/N-ethyl adjacent to an activating group) is 2. The van der Waals surface area contributed by atoms with Gasteiger partial charge in [-0.3, -0.25) is 24.1 Å². The van der Waals surface area contributed by atoms with Gasteiger partial charge in [0.25, 0.3) is 0 Å². The number of unbranched alkanes of at least 4 members (excludes halogenated alkanes) is 1. The van der Waals surface area contributed by atoms with Gasteiger partial charge in [0.2, 0.25) is 23.6 Å². The van der Waals surface area contributed by atoms with Crippen LogP contribution in [0.3, 0.4) is 0 Å². The Hall–Kier alpha value is -4.73. The van der Waals surface area contributed by atoms with E-state index in [1.54, 1.807) is 37.8 Å². The van der Waals surface area contributed by atoms with E-state index in [9.17, 15) is 29.1 Å². The molecule has 1 aliphatic rings. The highest BCUT2D eigenvalue weighted by atomic mass is 16.6. The number of benzene rings is 2. The fourth-order valence-corrected chi connectivity index (χ4v) is 9.75. The van der Waals surface area contributed by atoms with E-state index < -0.39 is 60.4 Å². The predicted molar refractivity (Wildman–Crippen MR) is 272 cm³/mol. The first kappa shape index (κ1) is 58.6. The summed E-state index contributed by atoms with van der Waals surface area (Å²) in [6, 6.07) is 12.0. The molecule has 0 aliphatic carbocycles. The third-order valence-electron chi connectivity index (χ3n) is 14.4. The van der Waals surface area contributed by atoms with Crippen molar-refractivity contribution in [2.75, 3.05) is 47.2 Å². The van der Waals surface area contributed by atoms with Crippen molar-refractivity contribution in [2.24, 2.45) is 23.7 Å². The van der Waals surface area contributed by atoms with Crippen LogP contribution in [-0.2, 0) is 40.0 Å². The summed E-state index contributed by atoms with van der Waals surface area (Å²) in [4.78, 5) is 74.9. The molecule has 0 radical (unpaired) electrons. The van der Waals surface area contributed by atoms with Crippen molar-refractivity contribution in [2.45, 2.75) is 175 Å². The Kier molecular flexibility index (Phi) is 23.9. The summed E-state index contributed by atoms with van der Waals surface area (Å²) in [6.45, 7) is 19.9. The lowest BCUT2D eigenvalue weighted by molar-refractivity contribution is -0.148. The van der Waals surface area contributed by atoms with Crippen molar-refractivity contribution < 1.29 is 43.3 Å². The van der Waals surface area contributed by atoms with Crippen molar-refractivity contribution in [1.82, 2.24) is 25.3 Å². The van der Waals surface area contributed by atoms with Crippen LogP contribution in [-0.4, -0.2) is 134 Å². The zero-order valence-corrected chi connectivity index (χ0v) is 44.5. The summed E-state index contributed by atoms with van der Waals surface area (Å²) < 4.78 is 17.7. The van der Waals surface area contributed by atoms with Gasteiger partial charge in [-0.15, -0.1) is 0 Å². The Labute approximate surface area is 414 Å². The molecule has 388 valence electrons. The summed E-state index contributed by atoms with van der Waals surface area (Å²) in [6.07, 6.45) is 2.51. The third-order valence-corrected chi connectivity index (χ3v) is 14.4. The smallest absolute Gasteiger partial charge is 0.410 e. The molecule has 0 saturated carbocycles. The fraction of sp³-hybridized carbons (Fsp3) is 0.685. The van der Waals surface area contributed by atoms with E-state index in [0.29, 0.717) is 25.3 Å². The van der Waals surface area contributed by atoms with Crippen LogP contribution in [0.25, 0.3) is 0 Å². The second-order valence-electron chi connectivity index (χ2n) is 20.1. The molecule has 1 unspecified atom stereocenters. The van der Waals surface area contributed by atoms with Crippen LogP contribution >= 0.6 is 0 Å². The number of aliphatic hydroxyl groups excluding tert-OH is 1. The molecule has 0 aromatic heterocycles. The number of aliphatic hydroxyl groups is 1. The van der Waals surface area contributed by atoms with E-state index in [2.05, 4.69) is 41.9 Å². The number of carbonyl (C=O) groups excluding carboxylic acids is 5. The number of carbonyl (C=O) groups is 5. The second kappa shape index (κ2) is 28.2. The molecule has 1 aliphatic heterocycles. The number of ether oxygens (including phenoxy) is 3. The van der Waals surface area contributed by atoms with E-state index in [1.165, 1.54) is 24.6 Å². The number of rotatable bonds is 27. The summed E-state index contributed by atoms with van der Waals surface area (Å²) in [7, 11) is 8.12. The summed E-state index contributed by atoms with van der Waals surface area (Å²) in [5.41, 5.74) is 3.67. The van der Waals surface area contributed by atoms with E-state index in [-0.39, 0.29) is 54.5 Å². The number of likely N-dealkylation sites (tertiary alicyclic amines) is 1. The van der Waals surface area contributed by atoms with Crippen molar-refractivity contribution >= 4 is 35.4 Å². The maximum atomic E-state index is 14.6. The van der Waals surface area contributed by atoms with Gasteiger partial charge in [0.1, 0.15) is 18.7 Å². The molecule has 11 atom stereocenters. The van der Waals surface area contributed by atoms with Crippen LogP contribution in [0.1, 0.15) is 143 Å². The largest absolute Gasteiger partial charge is 0.445 e. The molecule has 15 heteroatoms. The van der Waals surface area contributed by atoms with Gasteiger partial charge in [0, 0.05) is 47.6 Å². The average molecular weight is 965 g/mol. The summed E-state index contributed by atoms with van der Waals surface area (Å²) >= 11 is 0. The van der Waals surface area contributed by atoms with Gasteiger partial charge in [-0.1, -0.05) is 118 Å². The Bertz CT molecular complexity index is 1910. The highest BCUT2D eigenvalue weighted by Gasteiger charge is 2.44. The van der Waals surface area contributed by atoms with Gasteiger partial charge in [0.15, 0.2) is 0 Å². The van der Waals surface area contributed by atoms with Crippen LogP contribution in [0, 0.1) is 23.7 Å². The zero-order chi connectivity index (χ0) is 51.7. The first-order valence-electron chi connectivity index (χ1n) is 25.3. The standard InChI is InChI=1S/C54H88N6O9/c1-16-18-20-36(8)40-24-26-41(27-25-40)49(62)38(10)56-51(63)37(9)50(68-15)43-21-19-30-60(43)45(61)31-44(67-14)48(35(7)17-2)58(12)53(65)46(33(3)4)57-52(64)47(34(5)6)59(13)54(66)69-32-39-22-28-42(55-11)29-23-39/h22-29,33-38,43-44,46-50,55,62H,16-21,30-32H2,1-15H3,(H,56,63)(H,57,64)/t35-,36?,37+,38+,43-,44+,46-,47-,48-,49+,50+/m0/s1. The molecular formula is C54H88N6O9. The van der Waals surface area contributed by atoms with E-state index in [0.717, 1.165) is 42.5 Å². The molecule has 0 bridgehead atoms. The SMILES string of the molecule is CCCCC(C)c1ccc([C@H](O)[C@@H](C)NC(=O)[C@H](C)[C@@H](OC)[C@@H]2CCCN2C(=O)C[C@@H](OC)[C@H]([C@@H](C)CC)N(C)C(=O)[C@@H](NC(=O)[C@H](C(C)C)N(C)C(=O)OCc2ccc(NC)cc2)C(C)C)cc1. The van der Waals surface area contributed by atoms with Gasteiger partial charge in [-0.2, -0.15) is 0 Å². The minimum atomic E-state index is -0.954. The Balaban J connectivity index is 1.73. The second-order valence-corrected chi connectivity index (χ2v) is 20.1. The lowest BCUT2D eigenvalue weighted by atomic mass is 9.89. The van der Waals surface area contributed by atoms with Crippen LogP contribution in [0.4, 0.5) is 10.5 Å². The van der Waals surface area contributed by atoms with Crippen LogP contribution < -0.4 is 16.0 Å². The maximum Gasteiger partial charge on any atom is 0.410 e. The lowest BCUT2D eigenvalue weighted by Gasteiger charge is -2.41. The minimum absolute atomic E-state index is 0.0274. The van der Waals surface area contributed by atoms with E-state index >= 15 is 0 Å². The molecule has 1 heterocycles. The highest BCUT2D eigenvalue weighted by molar-refractivity contribution is 5.92. The third kappa shape index (κ3) is 15.9. The van der Waals surface area contributed by atoms with Crippen LogP contribution in [0.15, 0.2) is 48.5 Å². The normalized spacial score (nSPS) is 18.2. The van der Waals surface area contributed by atoms with E-state index in [4.69, 9.17) is 14.2 Å².